The number of nitriles is 1. The second kappa shape index (κ2) is 6.72. The Morgan fingerprint density at radius 2 is 1.89 bits per heavy atom. The number of nitrogens with two attached hydrogens (primary N) is 1. The number of aromatic nitrogens is 5. The Labute approximate surface area is 163 Å². The van der Waals surface area contributed by atoms with Gasteiger partial charge in [-0.2, -0.15) is 5.26 Å². The van der Waals surface area contributed by atoms with E-state index in [1.54, 1.807) is 24.4 Å². The van der Waals surface area contributed by atoms with Crippen LogP contribution < -0.4 is 11.1 Å². The van der Waals surface area contributed by atoms with Crippen molar-refractivity contribution < 1.29 is 0 Å². The van der Waals surface area contributed by atoms with Gasteiger partial charge in [-0.25, -0.2) is 19.9 Å². The van der Waals surface area contributed by atoms with Crippen LogP contribution in [-0.2, 0) is 0 Å². The highest BCUT2D eigenvalue weighted by Crippen LogP contribution is 2.36. The van der Waals surface area contributed by atoms with E-state index in [2.05, 4.69) is 30.2 Å². The average molecular weight is 397 g/mol. The second-order valence-corrected chi connectivity index (χ2v) is 6.34. The van der Waals surface area contributed by atoms with E-state index in [4.69, 9.17) is 34.2 Å². The molecule has 0 spiro atoms. The SMILES string of the molecule is N#Cc1cc(Nc2nccc3nc(-c4c(Cl)cc(N)cc4Cl)[nH]c23)ncn1. The number of nitrogens with one attached hydrogen (secondary N) is 2. The van der Waals surface area contributed by atoms with Crippen LogP contribution in [0.2, 0.25) is 10.0 Å². The standard InChI is InChI=1S/C17H10Cl2N8/c18-10-3-8(21)4-11(19)14(10)16-25-12-1-2-22-17(15(12)27-16)26-13-5-9(6-20)23-7-24-13/h1-5,7H,21H2,(H,25,27)(H,22,23,24,26). The lowest BCUT2D eigenvalue weighted by Crippen LogP contribution is -1.98. The van der Waals surface area contributed by atoms with Crippen LogP contribution >= 0.6 is 23.2 Å². The van der Waals surface area contributed by atoms with Gasteiger partial charge in [-0.1, -0.05) is 23.2 Å². The number of aromatic amines is 1. The summed E-state index contributed by atoms with van der Waals surface area (Å²) in [5, 5.41) is 12.8. The Bertz CT molecular complexity index is 1190. The number of H-pyrrole nitrogens is 1. The number of benzene rings is 1. The van der Waals surface area contributed by atoms with Crippen molar-refractivity contribution in [3.05, 3.63) is 52.5 Å². The normalized spacial score (nSPS) is 10.7. The predicted octanol–water partition coefficient (Wildman–Crippen LogP) is 3.92. The summed E-state index contributed by atoms with van der Waals surface area (Å²) in [5.74, 6) is 1.40. The highest BCUT2D eigenvalue weighted by atomic mass is 35.5. The lowest BCUT2D eigenvalue weighted by molar-refractivity contribution is 1.13. The maximum Gasteiger partial charge on any atom is 0.157 e. The lowest BCUT2D eigenvalue weighted by atomic mass is 10.2. The molecule has 10 heteroatoms. The zero-order chi connectivity index (χ0) is 19.0. The van der Waals surface area contributed by atoms with Crippen LogP contribution in [0, 0.1) is 11.3 Å². The summed E-state index contributed by atoms with van der Waals surface area (Å²) in [5.41, 5.74) is 8.30. The third kappa shape index (κ3) is 3.21. The summed E-state index contributed by atoms with van der Waals surface area (Å²) in [6.07, 6.45) is 2.90. The van der Waals surface area contributed by atoms with E-state index >= 15 is 0 Å². The topological polar surface area (TPSA) is 129 Å². The van der Waals surface area contributed by atoms with Gasteiger partial charge in [0.2, 0.25) is 0 Å². The Kier molecular flexibility index (Phi) is 4.24. The van der Waals surface area contributed by atoms with Crippen LogP contribution in [0.25, 0.3) is 22.4 Å². The zero-order valence-electron chi connectivity index (χ0n) is 13.5. The van der Waals surface area contributed by atoms with Gasteiger partial charge in [0.25, 0.3) is 0 Å². The van der Waals surface area contributed by atoms with Gasteiger partial charge in [0.05, 0.1) is 21.1 Å². The molecule has 0 aliphatic heterocycles. The molecule has 0 unspecified atom stereocenters. The van der Waals surface area contributed by atoms with Crippen LogP contribution in [0.5, 0.6) is 0 Å². The largest absolute Gasteiger partial charge is 0.399 e. The number of hydrogen-bond acceptors (Lipinski definition) is 7. The Morgan fingerprint density at radius 3 is 2.63 bits per heavy atom. The molecule has 0 aliphatic rings. The lowest BCUT2D eigenvalue weighted by Gasteiger charge is -2.06. The quantitative estimate of drug-likeness (QED) is 0.447. The molecule has 132 valence electrons. The maximum atomic E-state index is 8.97. The summed E-state index contributed by atoms with van der Waals surface area (Å²) < 4.78 is 0. The van der Waals surface area contributed by atoms with Gasteiger partial charge in [-0.05, 0) is 18.2 Å². The van der Waals surface area contributed by atoms with E-state index in [1.165, 1.54) is 12.4 Å². The molecule has 0 saturated heterocycles. The van der Waals surface area contributed by atoms with Crippen LogP contribution in [0.4, 0.5) is 17.3 Å². The van der Waals surface area contributed by atoms with E-state index in [-0.39, 0.29) is 5.69 Å². The molecule has 27 heavy (non-hydrogen) atoms. The van der Waals surface area contributed by atoms with E-state index < -0.39 is 0 Å². The fraction of sp³-hybridized carbons (Fsp3) is 0. The third-order valence-corrected chi connectivity index (χ3v) is 4.33. The van der Waals surface area contributed by atoms with Crippen molar-refractivity contribution in [2.24, 2.45) is 0 Å². The Balaban J connectivity index is 1.80. The molecule has 0 atom stereocenters. The van der Waals surface area contributed by atoms with Crippen LogP contribution in [0.1, 0.15) is 5.69 Å². The van der Waals surface area contributed by atoms with Gasteiger partial charge < -0.3 is 16.0 Å². The van der Waals surface area contributed by atoms with Crippen molar-refractivity contribution in [2.75, 3.05) is 11.1 Å². The van der Waals surface area contributed by atoms with Crippen molar-refractivity contribution in [2.45, 2.75) is 0 Å². The van der Waals surface area contributed by atoms with Gasteiger partial charge in [0.1, 0.15) is 35.2 Å². The van der Waals surface area contributed by atoms with Gasteiger partial charge in [-0.3, -0.25) is 0 Å². The molecule has 0 bridgehead atoms. The molecule has 0 radical (unpaired) electrons. The Morgan fingerprint density at radius 1 is 1.11 bits per heavy atom. The van der Waals surface area contributed by atoms with Crippen molar-refractivity contribution in [1.82, 2.24) is 24.9 Å². The monoisotopic (exact) mass is 396 g/mol. The first-order valence-electron chi connectivity index (χ1n) is 7.64. The zero-order valence-corrected chi connectivity index (χ0v) is 15.0. The molecule has 0 fully saturated rings. The van der Waals surface area contributed by atoms with E-state index in [0.29, 0.717) is 49.8 Å². The predicted molar refractivity (Wildman–Crippen MR) is 104 cm³/mol. The molecule has 0 aliphatic carbocycles. The minimum absolute atomic E-state index is 0.241. The van der Waals surface area contributed by atoms with E-state index in [9.17, 15) is 0 Å². The summed E-state index contributed by atoms with van der Waals surface area (Å²) in [6, 6.07) is 8.45. The molecule has 4 rings (SSSR count). The van der Waals surface area contributed by atoms with E-state index in [0.717, 1.165) is 0 Å². The minimum atomic E-state index is 0.241. The van der Waals surface area contributed by atoms with Crippen LogP contribution in [0.15, 0.2) is 36.8 Å². The molecule has 3 aromatic heterocycles. The number of rotatable bonds is 3. The first kappa shape index (κ1) is 17.0. The average Bonchev–Trinajstić information content (AvgIpc) is 3.05. The number of hydrogen-bond donors (Lipinski definition) is 3. The van der Waals surface area contributed by atoms with Gasteiger partial charge in [0, 0.05) is 18.0 Å². The van der Waals surface area contributed by atoms with Crippen molar-refractivity contribution >= 4 is 51.6 Å². The number of pyridine rings is 1. The molecule has 0 amide bonds. The first-order chi connectivity index (χ1) is 13.0. The fourth-order valence-corrected chi connectivity index (χ4v) is 3.26. The molecule has 1 aromatic carbocycles. The molecule has 0 saturated carbocycles. The highest BCUT2D eigenvalue weighted by Gasteiger charge is 2.16. The van der Waals surface area contributed by atoms with Crippen molar-refractivity contribution in [1.29, 1.82) is 5.26 Å². The van der Waals surface area contributed by atoms with Gasteiger partial charge >= 0.3 is 0 Å². The number of imidazole rings is 1. The van der Waals surface area contributed by atoms with Crippen molar-refractivity contribution in [3.8, 4) is 17.5 Å². The number of halogens is 2. The number of nitrogens with zero attached hydrogens (tertiary/aromatic N) is 5. The van der Waals surface area contributed by atoms with Gasteiger partial charge in [-0.15, -0.1) is 0 Å². The third-order valence-electron chi connectivity index (χ3n) is 3.73. The summed E-state index contributed by atoms with van der Waals surface area (Å²) in [7, 11) is 0. The molecular weight excluding hydrogens is 387 g/mol. The number of fused-ring (bicyclic) bond motifs is 1. The van der Waals surface area contributed by atoms with Crippen LogP contribution in [0.3, 0.4) is 0 Å². The first-order valence-corrected chi connectivity index (χ1v) is 8.39. The number of anilines is 3. The molecule has 4 N–H and O–H groups in total. The summed E-state index contributed by atoms with van der Waals surface area (Å²) in [6.45, 7) is 0. The summed E-state index contributed by atoms with van der Waals surface area (Å²) >= 11 is 12.6. The Hall–Kier alpha value is -3.41. The van der Waals surface area contributed by atoms with E-state index in [1.807, 2.05) is 6.07 Å². The maximum absolute atomic E-state index is 8.97. The van der Waals surface area contributed by atoms with Crippen LogP contribution in [-0.4, -0.2) is 24.9 Å². The molecule has 4 aromatic rings. The van der Waals surface area contributed by atoms with Gasteiger partial charge in [0.15, 0.2) is 5.82 Å². The fourth-order valence-electron chi connectivity index (χ4n) is 2.58. The smallest absolute Gasteiger partial charge is 0.157 e. The molecule has 8 nitrogen and oxygen atoms in total. The minimum Gasteiger partial charge on any atom is -0.399 e. The molecule has 3 heterocycles. The highest BCUT2D eigenvalue weighted by molar-refractivity contribution is 6.39. The second-order valence-electron chi connectivity index (χ2n) is 5.52. The summed E-state index contributed by atoms with van der Waals surface area (Å²) in [4.78, 5) is 20.0. The number of nitrogen functional groups attached to an aromatic ring is 1. The van der Waals surface area contributed by atoms with Crippen molar-refractivity contribution in [3.63, 3.8) is 0 Å². The molecular formula is C17H10Cl2N8.